The number of carbonyl (C=O) groups excluding carboxylic acids is 1. The monoisotopic (exact) mass is 396 g/mol. The van der Waals surface area contributed by atoms with Crippen LogP contribution < -0.4 is 10.2 Å². The minimum atomic E-state index is -0.398. The molecule has 1 aliphatic rings. The van der Waals surface area contributed by atoms with Crippen molar-refractivity contribution in [2.75, 3.05) is 36.4 Å². The molecule has 2 rings (SSSR count). The van der Waals surface area contributed by atoms with Gasteiger partial charge in [0.15, 0.2) is 5.57 Å². The molecule has 0 radical (unpaired) electrons. The number of nitrogens with zero attached hydrogens (tertiary/aromatic N) is 5. The number of benzene rings is 1. The molecule has 0 unspecified atom stereocenters. The van der Waals surface area contributed by atoms with Crippen LogP contribution in [0.3, 0.4) is 0 Å². The average Bonchev–Trinajstić information content (AvgIpc) is 2.67. The summed E-state index contributed by atoms with van der Waals surface area (Å²) in [6, 6.07) is 10.4. The van der Waals surface area contributed by atoms with Crippen LogP contribution in [0.15, 0.2) is 29.5 Å². The van der Waals surface area contributed by atoms with E-state index in [-0.39, 0.29) is 17.2 Å². The number of piperazine rings is 1. The van der Waals surface area contributed by atoms with Gasteiger partial charge in [0.25, 0.3) is 0 Å². The zero-order chi connectivity index (χ0) is 20.9. The molecule has 8 heteroatoms. The van der Waals surface area contributed by atoms with E-state index in [0.29, 0.717) is 36.9 Å². The van der Waals surface area contributed by atoms with Crippen molar-refractivity contribution in [2.45, 2.75) is 20.8 Å². The van der Waals surface area contributed by atoms with Gasteiger partial charge < -0.3 is 15.1 Å². The Kier molecular flexibility index (Phi) is 6.52. The van der Waals surface area contributed by atoms with Crippen molar-refractivity contribution >= 4 is 28.9 Å². The summed E-state index contributed by atoms with van der Waals surface area (Å²) < 4.78 is 0. The highest BCUT2D eigenvalue weighted by atomic mass is 35.5. The number of nitrogens with one attached hydrogen (secondary N) is 1. The molecule has 1 saturated heterocycles. The van der Waals surface area contributed by atoms with Crippen molar-refractivity contribution in [1.82, 2.24) is 4.90 Å². The van der Waals surface area contributed by atoms with E-state index >= 15 is 0 Å². The number of amides is 1. The first-order valence-corrected chi connectivity index (χ1v) is 9.14. The molecule has 0 aliphatic carbocycles. The van der Waals surface area contributed by atoms with Crippen molar-refractivity contribution in [1.29, 1.82) is 15.8 Å². The summed E-state index contributed by atoms with van der Waals surface area (Å²) in [5.74, 6) is 0.138. The van der Waals surface area contributed by atoms with Gasteiger partial charge in [-0.05, 0) is 18.2 Å². The third-order valence-corrected chi connectivity index (χ3v) is 4.65. The summed E-state index contributed by atoms with van der Waals surface area (Å²) in [6.45, 7) is 8.34. The maximum absolute atomic E-state index is 12.4. The number of allylic oxidation sites excluding steroid dienone is 2. The van der Waals surface area contributed by atoms with Gasteiger partial charge in [-0.15, -0.1) is 0 Å². The normalized spacial score (nSPS) is 13.8. The second kappa shape index (κ2) is 8.65. The van der Waals surface area contributed by atoms with Gasteiger partial charge >= 0.3 is 0 Å². The van der Waals surface area contributed by atoms with Crippen molar-refractivity contribution in [3.63, 3.8) is 0 Å². The van der Waals surface area contributed by atoms with Gasteiger partial charge in [0.1, 0.15) is 23.9 Å². The molecule has 144 valence electrons. The first-order valence-electron chi connectivity index (χ1n) is 8.76. The van der Waals surface area contributed by atoms with E-state index in [1.54, 1.807) is 24.3 Å². The topological polar surface area (TPSA) is 107 Å². The number of halogens is 1. The summed E-state index contributed by atoms with van der Waals surface area (Å²) in [5, 5.41) is 30.2. The van der Waals surface area contributed by atoms with Gasteiger partial charge in [-0.1, -0.05) is 32.4 Å². The van der Waals surface area contributed by atoms with E-state index in [1.807, 2.05) is 37.8 Å². The lowest BCUT2D eigenvalue weighted by Gasteiger charge is -2.39. The molecule has 1 fully saturated rings. The fourth-order valence-corrected chi connectivity index (χ4v) is 3.19. The van der Waals surface area contributed by atoms with E-state index < -0.39 is 5.41 Å². The lowest BCUT2D eigenvalue weighted by Crippen LogP contribution is -2.51. The van der Waals surface area contributed by atoms with Gasteiger partial charge in [0.2, 0.25) is 5.91 Å². The number of rotatable bonds is 3. The first-order chi connectivity index (χ1) is 13.2. The highest BCUT2D eigenvalue weighted by Crippen LogP contribution is 2.31. The van der Waals surface area contributed by atoms with Gasteiger partial charge in [0, 0.05) is 37.3 Å². The number of carbonyl (C=O) groups is 1. The Labute approximate surface area is 170 Å². The standard InChI is InChI=1S/C20H21ClN6O/c1-20(2,3)19(28)27-8-6-26(7-9-27)18-5-4-15(10-16(18)21)25-17(13-24)14(11-22)12-23/h4-5,10,25H,6-9H2,1-3H3. The molecule has 7 nitrogen and oxygen atoms in total. The minimum absolute atomic E-state index is 0.122. The molecule has 1 aliphatic heterocycles. The largest absolute Gasteiger partial charge is 0.367 e. The zero-order valence-electron chi connectivity index (χ0n) is 16.1. The second-order valence-electron chi connectivity index (χ2n) is 7.41. The van der Waals surface area contributed by atoms with Crippen molar-refractivity contribution < 1.29 is 4.79 Å². The van der Waals surface area contributed by atoms with Crippen LogP contribution in [0.4, 0.5) is 11.4 Å². The van der Waals surface area contributed by atoms with Crippen LogP contribution in [0.2, 0.25) is 5.02 Å². The van der Waals surface area contributed by atoms with Crippen LogP contribution in [0.25, 0.3) is 0 Å². The molecule has 0 saturated carbocycles. The summed E-state index contributed by atoms with van der Waals surface area (Å²) in [6.07, 6.45) is 0. The Hall–Kier alpha value is -3.21. The second-order valence-corrected chi connectivity index (χ2v) is 7.81. The smallest absolute Gasteiger partial charge is 0.228 e. The fourth-order valence-electron chi connectivity index (χ4n) is 2.89. The van der Waals surface area contributed by atoms with Crippen molar-refractivity contribution in [3.05, 3.63) is 34.5 Å². The average molecular weight is 397 g/mol. The Morgan fingerprint density at radius 2 is 1.68 bits per heavy atom. The molecule has 1 N–H and O–H groups in total. The summed E-state index contributed by atoms with van der Waals surface area (Å²) >= 11 is 6.42. The predicted octanol–water partition coefficient (Wildman–Crippen LogP) is 3.27. The zero-order valence-corrected chi connectivity index (χ0v) is 16.8. The van der Waals surface area contributed by atoms with E-state index in [0.717, 1.165) is 5.69 Å². The molecule has 0 spiro atoms. The summed E-state index contributed by atoms with van der Waals surface area (Å²) in [4.78, 5) is 16.4. The third kappa shape index (κ3) is 4.74. The SMILES string of the molecule is CC(C)(C)C(=O)N1CCN(c2ccc(NC(C#N)=C(C#N)C#N)cc2Cl)CC1. The molecule has 0 atom stereocenters. The third-order valence-electron chi connectivity index (χ3n) is 4.35. The lowest BCUT2D eigenvalue weighted by atomic mass is 9.94. The number of nitriles is 3. The molecule has 0 aromatic heterocycles. The van der Waals surface area contributed by atoms with Crippen LogP contribution in [-0.2, 0) is 4.79 Å². The quantitative estimate of drug-likeness (QED) is 0.785. The van der Waals surface area contributed by atoms with E-state index in [9.17, 15) is 4.79 Å². The lowest BCUT2D eigenvalue weighted by molar-refractivity contribution is -0.139. The molecule has 0 bridgehead atoms. The van der Waals surface area contributed by atoms with Crippen molar-refractivity contribution in [2.24, 2.45) is 5.41 Å². The Balaban J connectivity index is 2.12. The highest BCUT2D eigenvalue weighted by molar-refractivity contribution is 6.33. The maximum Gasteiger partial charge on any atom is 0.228 e. The molecule has 1 heterocycles. The van der Waals surface area contributed by atoms with Gasteiger partial charge in [-0.25, -0.2) is 0 Å². The molecule has 28 heavy (non-hydrogen) atoms. The minimum Gasteiger partial charge on any atom is -0.367 e. The molecular weight excluding hydrogens is 376 g/mol. The predicted molar refractivity (Wildman–Crippen MR) is 107 cm³/mol. The maximum atomic E-state index is 12.4. The number of hydrogen-bond acceptors (Lipinski definition) is 6. The summed E-state index contributed by atoms with van der Waals surface area (Å²) in [7, 11) is 0. The van der Waals surface area contributed by atoms with E-state index in [4.69, 9.17) is 27.4 Å². The van der Waals surface area contributed by atoms with Crippen LogP contribution in [0.5, 0.6) is 0 Å². The van der Waals surface area contributed by atoms with E-state index in [2.05, 4.69) is 10.2 Å². The fraction of sp³-hybridized carbons (Fsp3) is 0.400. The molecular formula is C20H21ClN6O. The Morgan fingerprint density at radius 3 is 2.14 bits per heavy atom. The molecule has 1 amide bonds. The van der Waals surface area contributed by atoms with E-state index in [1.165, 1.54) is 0 Å². The number of hydrogen-bond donors (Lipinski definition) is 1. The van der Waals surface area contributed by atoms with Gasteiger partial charge in [0.05, 0.1) is 10.7 Å². The van der Waals surface area contributed by atoms with Gasteiger partial charge in [-0.2, -0.15) is 15.8 Å². The van der Waals surface area contributed by atoms with Crippen molar-refractivity contribution in [3.8, 4) is 18.2 Å². The van der Waals surface area contributed by atoms with Crippen LogP contribution in [0.1, 0.15) is 20.8 Å². The van der Waals surface area contributed by atoms with Crippen LogP contribution in [-0.4, -0.2) is 37.0 Å². The van der Waals surface area contributed by atoms with Crippen LogP contribution in [0, 0.1) is 39.4 Å². The Morgan fingerprint density at radius 1 is 1.07 bits per heavy atom. The van der Waals surface area contributed by atoms with Gasteiger partial charge in [-0.3, -0.25) is 4.79 Å². The first kappa shape index (κ1) is 21.1. The van der Waals surface area contributed by atoms with Crippen LogP contribution >= 0.6 is 11.6 Å². The molecule has 1 aromatic carbocycles. The number of anilines is 2. The highest BCUT2D eigenvalue weighted by Gasteiger charge is 2.30. The molecule has 1 aromatic rings. The Bertz CT molecular complexity index is 902. The summed E-state index contributed by atoms with van der Waals surface area (Å²) in [5.41, 5.74) is 0.531.